The first-order valence-electron chi connectivity index (χ1n) is 15.6. The van der Waals surface area contributed by atoms with Crippen LogP contribution in [0.1, 0.15) is 44.2 Å². The third-order valence-electron chi connectivity index (χ3n) is 9.06. The van der Waals surface area contributed by atoms with E-state index in [1.54, 1.807) is 12.1 Å². The molecule has 0 radical (unpaired) electrons. The number of likely N-dealkylation sites (N-methyl/N-ethyl adjacent to an activating group) is 2. The molecule has 230 valence electrons. The standard InChI is InChI=1S/C34H51N5O3/c1-25(2)18-29-21-35-33(41)34(42)39(29)24-31(20-26-10-7-6-8-11-26)37(5)22-28-12-9-17-38(28)23-30(36(3)4)19-27-13-15-32(40)16-14-27/h6-8,10-11,13-16,25,28-31,40H,9,12,17-24H2,1-5H3,(H,35,41)/t28-,29-,30-,31-/m0/s1. The van der Waals surface area contributed by atoms with Gasteiger partial charge in [-0.25, -0.2) is 0 Å². The molecule has 2 aromatic carbocycles. The van der Waals surface area contributed by atoms with E-state index in [2.05, 4.69) is 79.3 Å². The van der Waals surface area contributed by atoms with Crippen LogP contribution in [0.3, 0.4) is 0 Å². The lowest BCUT2D eigenvalue weighted by Crippen LogP contribution is -2.61. The number of amides is 2. The molecule has 2 N–H and O–H groups in total. The molecule has 42 heavy (non-hydrogen) atoms. The van der Waals surface area contributed by atoms with Crippen LogP contribution in [0, 0.1) is 5.92 Å². The number of benzene rings is 2. The Morgan fingerprint density at radius 1 is 0.905 bits per heavy atom. The highest BCUT2D eigenvalue weighted by Crippen LogP contribution is 2.23. The number of nitrogens with zero attached hydrogens (tertiary/aromatic N) is 4. The van der Waals surface area contributed by atoms with Gasteiger partial charge < -0.3 is 20.2 Å². The van der Waals surface area contributed by atoms with Gasteiger partial charge in [0.1, 0.15) is 5.75 Å². The molecule has 4 atom stereocenters. The van der Waals surface area contributed by atoms with Gasteiger partial charge in [-0.15, -0.1) is 0 Å². The van der Waals surface area contributed by atoms with E-state index in [-0.39, 0.29) is 12.1 Å². The van der Waals surface area contributed by atoms with Crippen molar-refractivity contribution in [3.05, 3.63) is 65.7 Å². The summed E-state index contributed by atoms with van der Waals surface area (Å²) in [6.45, 7) is 8.39. The van der Waals surface area contributed by atoms with E-state index >= 15 is 0 Å². The Hall–Kier alpha value is -2.94. The van der Waals surface area contributed by atoms with Gasteiger partial charge in [-0.2, -0.15) is 0 Å². The van der Waals surface area contributed by atoms with Crippen molar-refractivity contribution in [2.75, 3.05) is 53.9 Å². The first-order chi connectivity index (χ1) is 20.1. The number of likely N-dealkylation sites (tertiary alicyclic amines) is 1. The average Bonchev–Trinajstić information content (AvgIpc) is 3.39. The Kier molecular flexibility index (Phi) is 11.4. The zero-order valence-corrected chi connectivity index (χ0v) is 26.2. The smallest absolute Gasteiger partial charge is 0.312 e. The minimum absolute atomic E-state index is 0.0191. The van der Waals surface area contributed by atoms with E-state index in [1.807, 2.05) is 23.1 Å². The highest BCUT2D eigenvalue weighted by atomic mass is 16.3. The third-order valence-corrected chi connectivity index (χ3v) is 9.06. The number of rotatable bonds is 14. The van der Waals surface area contributed by atoms with Crippen molar-refractivity contribution >= 4 is 11.8 Å². The third kappa shape index (κ3) is 8.79. The van der Waals surface area contributed by atoms with Crippen LogP contribution in [-0.2, 0) is 22.4 Å². The van der Waals surface area contributed by atoms with E-state index < -0.39 is 11.8 Å². The lowest BCUT2D eigenvalue weighted by Gasteiger charge is -2.41. The van der Waals surface area contributed by atoms with Crippen LogP contribution in [0.2, 0.25) is 0 Å². The first-order valence-corrected chi connectivity index (χ1v) is 15.6. The van der Waals surface area contributed by atoms with Crippen molar-refractivity contribution in [1.29, 1.82) is 0 Å². The topological polar surface area (TPSA) is 79.4 Å². The largest absolute Gasteiger partial charge is 0.508 e. The average molecular weight is 578 g/mol. The van der Waals surface area contributed by atoms with Crippen molar-refractivity contribution < 1.29 is 14.7 Å². The summed E-state index contributed by atoms with van der Waals surface area (Å²) in [5.74, 6) is -0.149. The number of hydrogen-bond acceptors (Lipinski definition) is 6. The van der Waals surface area contributed by atoms with E-state index in [0.717, 1.165) is 45.3 Å². The Balaban J connectivity index is 1.48. The summed E-state index contributed by atoms with van der Waals surface area (Å²) in [7, 11) is 6.49. The number of aromatic hydroxyl groups is 1. The molecule has 8 nitrogen and oxygen atoms in total. The quantitative estimate of drug-likeness (QED) is 0.336. The van der Waals surface area contributed by atoms with Crippen LogP contribution in [-0.4, -0.2) is 115 Å². The summed E-state index contributed by atoms with van der Waals surface area (Å²) in [6.07, 6.45) is 4.97. The zero-order chi connectivity index (χ0) is 30.2. The molecule has 2 aliphatic heterocycles. The second kappa shape index (κ2) is 15.0. The SMILES string of the molecule is CC(C)C[C@H]1CNC(=O)C(=O)N1C[C@H](Cc1ccccc1)N(C)C[C@@H]1CCCN1C[C@H](Cc1ccc(O)cc1)N(C)C. The van der Waals surface area contributed by atoms with Gasteiger partial charge in [0.05, 0.1) is 0 Å². The molecule has 4 rings (SSSR count). The molecule has 2 heterocycles. The summed E-state index contributed by atoms with van der Waals surface area (Å²) in [5, 5.41) is 12.5. The van der Waals surface area contributed by atoms with E-state index in [4.69, 9.17) is 0 Å². The van der Waals surface area contributed by atoms with Crippen molar-refractivity contribution in [3.63, 3.8) is 0 Å². The lowest BCUT2D eigenvalue weighted by molar-refractivity contribution is -0.151. The fraction of sp³-hybridized carbons (Fsp3) is 0.588. The van der Waals surface area contributed by atoms with Crippen LogP contribution in [0.25, 0.3) is 0 Å². The highest BCUT2D eigenvalue weighted by Gasteiger charge is 2.37. The van der Waals surface area contributed by atoms with Crippen LogP contribution in [0.4, 0.5) is 0 Å². The van der Waals surface area contributed by atoms with Crippen LogP contribution < -0.4 is 5.32 Å². The molecule has 0 spiro atoms. The predicted octanol–water partition coefficient (Wildman–Crippen LogP) is 3.25. The Morgan fingerprint density at radius 3 is 2.24 bits per heavy atom. The summed E-state index contributed by atoms with van der Waals surface area (Å²) in [6, 6.07) is 19.0. The Bertz CT molecular complexity index is 1140. The zero-order valence-electron chi connectivity index (χ0n) is 26.2. The molecule has 2 saturated heterocycles. The normalized spacial score (nSPS) is 21.4. The van der Waals surface area contributed by atoms with Gasteiger partial charge in [0.15, 0.2) is 0 Å². The van der Waals surface area contributed by atoms with Gasteiger partial charge in [0.2, 0.25) is 0 Å². The number of nitrogens with one attached hydrogen (secondary N) is 1. The molecule has 2 amide bonds. The number of piperazine rings is 1. The van der Waals surface area contributed by atoms with Gasteiger partial charge in [0.25, 0.3) is 0 Å². The van der Waals surface area contributed by atoms with Gasteiger partial charge >= 0.3 is 11.8 Å². The minimum Gasteiger partial charge on any atom is -0.508 e. The summed E-state index contributed by atoms with van der Waals surface area (Å²) in [5.41, 5.74) is 2.47. The van der Waals surface area contributed by atoms with E-state index in [0.29, 0.717) is 36.8 Å². The number of hydrogen-bond donors (Lipinski definition) is 2. The summed E-state index contributed by atoms with van der Waals surface area (Å²) in [4.78, 5) is 34.8. The summed E-state index contributed by atoms with van der Waals surface area (Å²) < 4.78 is 0. The molecule has 0 unspecified atom stereocenters. The Morgan fingerprint density at radius 2 is 1.57 bits per heavy atom. The second-order valence-electron chi connectivity index (χ2n) is 13.0. The van der Waals surface area contributed by atoms with Gasteiger partial charge in [-0.05, 0) is 89.0 Å². The fourth-order valence-electron chi connectivity index (χ4n) is 6.56. The van der Waals surface area contributed by atoms with Crippen molar-refractivity contribution in [2.45, 2.75) is 70.1 Å². The maximum atomic E-state index is 13.1. The van der Waals surface area contributed by atoms with Crippen molar-refractivity contribution in [2.24, 2.45) is 5.92 Å². The molecule has 2 aromatic rings. The van der Waals surface area contributed by atoms with E-state index in [1.165, 1.54) is 17.5 Å². The number of phenolic OH excluding ortho intramolecular Hbond substituents is 1. The molecule has 0 saturated carbocycles. The van der Waals surface area contributed by atoms with E-state index in [9.17, 15) is 14.7 Å². The predicted molar refractivity (Wildman–Crippen MR) is 168 cm³/mol. The number of carbonyl (C=O) groups excluding carboxylic acids is 2. The second-order valence-corrected chi connectivity index (χ2v) is 13.0. The maximum Gasteiger partial charge on any atom is 0.312 e. The first kappa shape index (κ1) is 32.0. The Labute approximate surface area is 252 Å². The van der Waals surface area contributed by atoms with Gasteiger partial charge in [-0.1, -0.05) is 56.3 Å². The molecule has 8 heteroatoms. The molecule has 0 aliphatic carbocycles. The minimum atomic E-state index is -0.485. The van der Waals surface area contributed by atoms with Gasteiger partial charge in [0, 0.05) is 50.3 Å². The van der Waals surface area contributed by atoms with Gasteiger partial charge in [-0.3, -0.25) is 19.4 Å². The summed E-state index contributed by atoms with van der Waals surface area (Å²) >= 11 is 0. The molecule has 0 bridgehead atoms. The molecular formula is C34H51N5O3. The molecule has 2 aliphatic rings. The lowest BCUT2D eigenvalue weighted by atomic mass is 9.97. The molecule has 0 aromatic heterocycles. The van der Waals surface area contributed by atoms with Crippen LogP contribution in [0.15, 0.2) is 54.6 Å². The fourth-order valence-corrected chi connectivity index (χ4v) is 6.56. The number of phenols is 1. The molecular weight excluding hydrogens is 526 g/mol. The van der Waals surface area contributed by atoms with Crippen molar-refractivity contribution in [1.82, 2.24) is 24.9 Å². The van der Waals surface area contributed by atoms with Crippen LogP contribution in [0.5, 0.6) is 5.75 Å². The maximum absolute atomic E-state index is 13.1. The highest BCUT2D eigenvalue weighted by molar-refractivity contribution is 6.35. The number of carbonyl (C=O) groups is 2. The van der Waals surface area contributed by atoms with Crippen molar-refractivity contribution in [3.8, 4) is 5.75 Å². The molecule has 2 fully saturated rings. The monoisotopic (exact) mass is 577 g/mol. The van der Waals surface area contributed by atoms with Crippen LogP contribution >= 0.6 is 0 Å².